The lowest BCUT2D eigenvalue weighted by Crippen LogP contribution is -2.09. The summed E-state index contributed by atoms with van der Waals surface area (Å²) in [6.45, 7) is 1.43. The molecule has 0 radical (unpaired) electrons. The molecule has 0 saturated carbocycles. The molecule has 2 N–H and O–H groups in total. The molecular formula is C11H12N4O5S. The van der Waals surface area contributed by atoms with E-state index in [9.17, 15) is 18.5 Å². The average Bonchev–Trinajstić information content (AvgIpc) is 2.85. The maximum absolute atomic E-state index is 11.4. The molecule has 1 heterocycles. The predicted molar refractivity (Wildman–Crippen MR) is 74.1 cm³/mol. The van der Waals surface area contributed by atoms with Crippen LogP contribution in [0.25, 0.3) is 11.5 Å². The summed E-state index contributed by atoms with van der Waals surface area (Å²) in [5, 5.41) is 13.3. The molecule has 2 rings (SSSR count). The van der Waals surface area contributed by atoms with Gasteiger partial charge in [-0.3, -0.25) is 10.1 Å². The molecule has 0 bridgehead atoms. The molecule has 0 aliphatic heterocycles. The smallest absolute Gasteiger partial charge is 0.271 e. The van der Waals surface area contributed by atoms with Crippen molar-refractivity contribution in [1.29, 1.82) is 0 Å². The topological polar surface area (TPSA) is 142 Å². The van der Waals surface area contributed by atoms with E-state index in [2.05, 4.69) is 10.1 Å². The first-order chi connectivity index (χ1) is 9.70. The molecule has 0 amide bonds. The minimum absolute atomic E-state index is 0.00486. The minimum atomic E-state index is -3.36. The Morgan fingerprint density at radius 3 is 2.62 bits per heavy atom. The molecule has 0 saturated heterocycles. The summed E-state index contributed by atoms with van der Waals surface area (Å²) in [4.78, 5) is 14.0. The lowest BCUT2D eigenvalue weighted by Gasteiger charge is -2.02. The molecule has 9 nitrogen and oxygen atoms in total. The number of aromatic nitrogens is 2. The Labute approximate surface area is 119 Å². The summed E-state index contributed by atoms with van der Waals surface area (Å²) in [6.07, 6.45) is 1.06. The number of sulfone groups is 1. The van der Waals surface area contributed by atoms with E-state index in [1.54, 1.807) is 0 Å². The minimum Gasteiger partial charge on any atom is -0.398 e. The largest absolute Gasteiger partial charge is 0.398 e. The number of hydrogen-bond acceptors (Lipinski definition) is 8. The fourth-order valence-corrected chi connectivity index (χ4v) is 2.04. The van der Waals surface area contributed by atoms with Crippen molar-refractivity contribution in [3.8, 4) is 11.5 Å². The van der Waals surface area contributed by atoms with Gasteiger partial charge in [0.1, 0.15) is 5.25 Å². The van der Waals surface area contributed by atoms with E-state index < -0.39 is 20.0 Å². The van der Waals surface area contributed by atoms with Crippen LogP contribution in [-0.2, 0) is 9.84 Å². The van der Waals surface area contributed by atoms with Crippen molar-refractivity contribution in [2.45, 2.75) is 12.2 Å². The second-order valence-corrected chi connectivity index (χ2v) is 6.82. The Kier molecular flexibility index (Phi) is 3.64. The van der Waals surface area contributed by atoms with Gasteiger partial charge in [-0.15, -0.1) is 0 Å². The van der Waals surface area contributed by atoms with Crippen molar-refractivity contribution in [3.63, 3.8) is 0 Å². The van der Waals surface area contributed by atoms with Crippen LogP contribution in [-0.4, -0.2) is 29.7 Å². The van der Waals surface area contributed by atoms with Gasteiger partial charge >= 0.3 is 0 Å². The van der Waals surface area contributed by atoms with Crippen LogP contribution >= 0.6 is 0 Å². The van der Waals surface area contributed by atoms with E-state index >= 15 is 0 Å². The molecule has 21 heavy (non-hydrogen) atoms. The third kappa shape index (κ3) is 2.99. The van der Waals surface area contributed by atoms with Crippen LogP contribution < -0.4 is 5.73 Å². The second-order valence-electron chi connectivity index (χ2n) is 4.46. The average molecular weight is 312 g/mol. The zero-order valence-corrected chi connectivity index (χ0v) is 12.0. The molecule has 0 aliphatic carbocycles. The van der Waals surface area contributed by atoms with E-state index in [0.717, 1.165) is 6.26 Å². The third-order valence-corrected chi connectivity index (χ3v) is 4.42. The van der Waals surface area contributed by atoms with Gasteiger partial charge in [0.2, 0.25) is 0 Å². The van der Waals surface area contributed by atoms with Gasteiger partial charge in [0.25, 0.3) is 11.6 Å². The van der Waals surface area contributed by atoms with Crippen LogP contribution in [0.2, 0.25) is 0 Å². The predicted octanol–water partition coefficient (Wildman–Crippen LogP) is 1.33. The fraction of sp³-hybridized carbons (Fsp3) is 0.273. The molecule has 0 aliphatic rings. The van der Waals surface area contributed by atoms with Crippen LogP contribution in [0.4, 0.5) is 11.4 Å². The number of benzene rings is 1. The van der Waals surface area contributed by atoms with Crippen molar-refractivity contribution in [3.05, 3.63) is 34.1 Å². The molecule has 0 spiro atoms. The summed E-state index contributed by atoms with van der Waals surface area (Å²) < 4.78 is 27.9. The first-order valence-corrected chi connectivity index (χ1v) is 7.72. The first-order valence-electron chi connectivity index (χ1n) is 5.77. The summed E-state index contributed by atoms with van der Waals surface area (Å²) in [5.41, 5.74) is 5.94. The van der Waals surface area contributed by atoms with Gasteiger partial charge in [0.05, 0.1) is 16.2 Å². The maximum atomic E-state index is 11.4. The highest BCUT2D eigenvalue weighted by Gasteiger charge is 2.24. The van der Waals surface area contributed by atoms with Crippen molar-refractivity contribution >= 4 is 21.2 Å². The highest BCUT2D eigenvalue weighted by Crippen LogP contribution is 2.29. The van der Waals surface area contributed by atoms with Gasteiger partial charge in [-0.1, -0.05) is 5.16 Å². The highest BCUT2D eigenvalue weighted by molar-refractivity contribution is 7.90. The standard InChI is InChI=1S/C11H12N4O5S/c1-6(21(2,18)19)10-13-11(20-14-10)8-4-3-7(15(16)17)5-9(8)12/h3-6H,12H2,1-2H3. The second kappa shape index (κ2) is 5.13. The lowest BCUT2D eigenvalue weighted by atomic mass is 10.1. The molecule has 112 valence electrons. The molecule has 1 atom stereocenters. The molecule has 0 fully saturated rings. The maximum Gasteiger partial charge on any atom is 0.271 e. The number of hydrogen-bond donors (Lipinski definition) is 1. The van der Waals surface area contributed by atoms with Crippen LogP contribution in [0, 0.1) is 10.1 Å². The monoisotopic (exact) mass is 312 g/mol. The SMILES string of the molecule is CC(c1noc(-c2ccc([N+](=O)[O-])cc2N)n1)S(C)(=O)=O. The first kappa shape index (κ1) is 14.9. The number of anilines is 1. The van der Waals surface area contributed by atoms with Crippen molar-refractivity contribution in [2.75, 3.05) is 12.0 Å². The molecule has 2 aromatic rings. The van der Waals surface area contributed by atoms with Crippen LogP contribution in [0.1, 0.15) is 18.0 Å². The van der Waals surface area contributed by atoms with Crippen molar-refractivity contribution < 1.29 is 17.9 Å². The molecule has 1 aromatic carbocycles. The summed E-state index contributed by atoms with van der Waals surface area (Å²) in [5.74, 6) is 0.0122. The molecule has 1 unspecified atom stereocenters. The molecule has 1 aromatic heterocycles. The van der Waals surface area contributed by atoms with E-state index in [-0.39, 0.29) is 23.1 Å². The Morgan fingerprint density at radius 1 is 1.43 bits per heavy atom. The summed E-state index contributed by atoms with van der Waals surface area (Å²) in [7, 11) is -3.36. The number of nitrogens with zero attached hydrogens (tertiary/aromatic N) is 3. The summed E-state index contributed by atoms with van der Waals surface area (Å²) in [6, 6.07) is 3.78. The van der Waals surface area contributed by atoms with Gasteiger partial charge in [-0.25, -0.2) is 8.42 Å². The van der Waals surface area contributed by atoms with Crippen molar-refractivity contribution in [2.24, 2.45) is 0 Å². The van der Waals surface area contributed by atoms with Crippen LogP contribution in [0.15, 0.2) is 22.7 Å². The summed E-state index contributed by atoms with van der Waals surface area (Å²) >= 11 is 0. The van der Waals surface area contributed by atoms with Gasteiger partial charge < -0.3 is 10.3 Å². The highest BCUT2D eigenvalue weighted by atomic mass is 32.2. The van der Waals surface area contributed by atoms with Gasteiger partial charge in [-0.2, -0.15) is 4.98 Å². The number of rotatable bonds is 4. The van der Waals surface area contributed by atoms with Gasteiger partial charge in [-0.05, 0) is 13.0 Å². The molecule has 10 heteroatoms. The Bertz CT molecular complexity index is 799. The quantitative estimate of drug-likeness (QED) is 0.506. The van der Waals surface area contributed by atoms with Gasteiger partial charge in [0, 0.05) is 18.4 Å². The number of nitrogens with two attached hydrogens (primary N) is 1. The van der Waals surface area contributed by atoms with Gasteiger partial charge in [0.15, 0.2) is 15.7 Å². The van der Waals surface area contributed by atoms with Crippen LogP contribution in [0.5, 0.6) is 0 Å². The Morgan fingerprint density at radius 2 is 2.10 bits per heavy atom. The number of nitro groups is 1. The van der Waals surface area contributed by atoms with Crippen molar-refractivity contribution in [1.82, 2.24) is 10.1 Å². The Hall–Kier alpha value is -2.49. The van der Waals surface area contributed by atoms with E-state index in [0.29, 0.717) is 5.56 Å². The van der Waals surface area contributed by atoms with E-state index in [1.807, 2.05) is 0 Å². The van der Waals surface area contributed by atoms with E-state index in [1.165, 1.54) is 25.1 Å². The number of nitrogen functional groups attached to an aromatic ring is 1. The fourth-order valence-electron chi connectivity index (χ4n) is 1.56. The number of non-ortho nitro benzene ring substituents is 1. The Balaban J connectivity index is 2.41. The zero-order chi connectivity index (χ0) is 15.8. The normalized spacial score (nSPS) is 13.0. The van der Waals surface area contributed by atoms with Crippen LogP contribution in [0.3, 0.4) is 0 Å². The lowest BCUT2D eigenvalue weighted by molar-refractivity contribution is -0.384. The zero-order valence-electron chi connectivity index (χ0n) is 11.2. The van der Waals surface area contributed by atoms with E-state index in [4.69, 9.17) is 10.3 Å². The number of nitro benzene ring substituents is 1. The third-order valence-electron chi connectivity index (χ3n) is 2.92. The molecular weight excluding hydrogens is 300 g/mol.